The average molecular weight is 276 g/mol. The monoisotopic (exact) mass is 276 g/mol. The molecule has 1 aliphatic heterocycles. The summed E-state index contributed by atoms with van der Waals surface area (Å²) in [5.74, 6) is 2.41. The highest BCUT2D eigenvalue weighted by Gasteiger charge is 2.38. The standard InChI is InChI=1S/C16H28N4/c1-3-16(9-11-17-12-10-16)15-19-18-13(2)20(15)14-7-5-4-6-8-14/h14,17H,3-12H2,1-2H3. The minimum atomic E-state index is 0.254. The van der Waals surface area contributed by atoms with Gasteiger partial charge in [-0.25, -0.2) is 0 Å². The molecule has 0 unspecified atom stereocenters. The lowest BCUT2D eigenvalue weighted by Crippen LogP contribution is -2.42. The molecule has 1 aromatic heterocycles. The highest BCUT2D eigenvalue weighted by molar-refractivity contribution is 5.14. The summed E-state index contributed by atoms with van der Waals surface area (Å²) < 4.78 is 2.51. The van der Waals surface area contributed by atoms with Gasteiger partial charge in [-0.2, -0.15) is 0 Å². The maximum atomic E-state index is 4.64. The van der Waals surface area contributed by atoms with Gasteiger partial charge >= 0.3 is 0 Å². The van der Waals surface area contributed by atoms with E-state index in [1.165, 1.54) is 57.2 Å². The Kier molecular flexibility index (Phi) is 4.11. The highest BCUT2D eigenvalue weighted by atomic mass is 15.3. The van der Waals surface area contributed by atoms with Crippen molar-refractivity contribution in [3.63, 3.8) is 0 Å². The Balaban J connectivity index is 1.96. The Morgan fingerprint density at radius 1 is 1.15 bits per heavy atom. The van der Waals surface area contributed by atoms with Crippen LogP contribution in [0.3, 0.4) is 0 Å². The number of nitrogens with one attached hydrogen (secondary N) is 1. The minimum absolute atomic E-state index is 0.254. The lowest BCUT2D eigenvalue weighted by Gasteiger charge is -2.38. The molecule has 1 aliphatic carbocycles. The SMILES string of the molecule is CCC1(c2nnc(C)n2C2CCCCC2)CCNCC1. The molecular weight excluding hydrogens is 248 g/mol. The van der Waals surface area contributed by atoms with Crippen molar-refractivity contribution in [2.24, 2.45) is 0 Å². The van der Waals surface area contributed by atoms with Gasteiger partial charge in [0.25, 0.3) is 0 Å². The summed E-state index contributed by atoms with van der Waals surface area (Å²) in [5.41, 5.74) is 0.254. The van der Waals surface area contributed by atoms with Crippen LogP contribution in [0.15, 0.2) is 0 Å². The third-order valence-electron chi connectivity index (χ3n) is 5.52. The van der Waals surface area contributed by atoms with Crippen molar-refractivity contribution < 1.29 is 0 Å². The average Bonchev–Trinajstić information content (AvgIpc) is 2.91. The largest absolute Gasteiger partial charge is 0.317 e. The van der Waals surface area contributed by atoms with Crippen LogP contribution in [0.5, 0.6) is 0 Å². The van der Waals surface area contributed by atoms with Gasteiger partial charge in [-0.05, 0) is 52.1 Å². The van der Waals surface area contributed by atoms with Crippen LogP contribution in [-0.2, 0) is 5.41 Å². The quantitative estimate of drug-likeness (QED) is 0.922. The zero-order valence-corrected chi connectivity index (χ0v) is 13.0. The minimum Gasteiger partial charge on any atom is -0.317 e. The van der Waals surface area contributed by atoms with Crippen LogP contribution in [0.1, 0.15) is 76.0 Å². The Morgan fingerprint density at radius 2 is 1.85 bits per heavy atom. The van der Waals surface area contributed by atoms with Crippen molar-refractivity contribution in [1.82, 2.24) is 20.1 Å². The van der Waals surface area contributed by atoms with Gasteiger partial charge in [0.05, 0.1) is 0 Å². The predicted octanol–water partition coefficient (Wildman–Crippen LogP) is 3.12. The normalized spacial score (nSPS) is 23.9. The molecular formula is C16H28N4. The van der Waals surface area contributed by atoms with Gasteiger partial charge < -0.3 is 9.88 Å². The Hall–Kier alpha value is -0.900. The summed E-state index contributed by atoms with van der Waals surface area (Å²) in [6.45, 7) is 6.69. The van der Waals surface area contributed by atoms with E-state index in [0.717, 1.165) is 18.9 Å². The van der Waals surface area contributed by atoms with Crippen molar-refractivity contribution in [3.05, 3.63) is 11.6 Å². The van der Waals surface area contributed by atoms with Crippen molar-refractivity contribution in [3.8, 4) is 0 Å². The maximum absolute atomic E-state index is 4.64. The molecule has 0 atom stereocenters. The molecule has 2 heterocycles. The molecule has 0 spiro atoms. The Morgan fingerprint density at radius 3 is 2.50 bits per heavy atom. The fourth-order valence-corrected chi connectivity index (χ4v) is 4.15. The molecule has 112 valence electrons. The van der Waals surface area contributed by atoms with Crippen molar-refractivity contribution >= 4 is 0 Å². The summed E-state index contributed by atoms with van der Waals surface area (Å²) in [5, 5.41) is 12.6. The van der Waals surface area contributed by atoms with Crippen LogP contribution in [0.4, 0.5) is 0 Å². The van der Waals surface area contributed by atoms with E-state index in [1.807, 2.05) is 0 Å². The van der Waals surface area contributed by atoms with Crippen molar-refractivity contribution in [2.45, 2.75) is 76.7 Å². The summed E-state index contributed by atoms with van der Waals surface area (Å²) in [4.78, 5) is 0. The summed E-state index contributed by atoms with van der Waals surface area (Å²) in [6, 6.07) is 0.645. The molecule has 1 saturated carbocycles. The number of aromatic nitrogens is 3. The number of hydrogen-bond acceptors (Lipinski definition) is 3. The molecule has 4 heteroatoms. The molecule has 0 radical (unpaired) electrons. The molecule has 1 N–H and O–H groups in total. The molecule has 3 rings (SSSR count). The van der Waals surface area contributed by atoms with E-state index in [4.69, 9.17) is 0 Å². The maximum Gasteiger partial charge on any atom is 0.139 e. The van der Waals surface area contributed by atoms with Gasteiger partial charge in [-0.1, -0.05) is 26.2 Å². The lowest BCUT2D eigenvalue weighted by atomic mass is 9.75. The van der Waals surface area contributed by atoms with E-state index >= 15 is 0 Å². The van der Waals surface area contributed by atoms with Gasteiger partial charge in [0.1, 0.15) is 11.6 Å². The summed E-state index contributed by atoms with van der Waals surface area (Å²) in [7, 11) is 0. The smallest absolute Gasteiger partial charge is 0.139 e. The van der Waals surface area contributed by atoms with Gasteiger partial charge in [-0.15, -0.1) is 10.2 Å². The second kappa shape index (κ2) is 5.84. The van der Waals surface area contributed by atoms with Gasteiger partial charge in [0.2, 0.25) is 0 Å². The number of rotatable bonds is 3. The Bertz CT molecular complexity index is 439. The number of piperidine rings is 1. The van der Waals surface area contributed by atoms with Gasteiger partial charge in [0, 0.05) is 11.5 Å². The first kappa shape index (κ1) is 14.1. The third-order valence-corrected chi connectivity index (χ3v) is 5.52. The fraction of sp³-hybridized carbons (Fsp3) is 0.875. The van der Waals surface area contributed by atoms with E-state index in [0.29, 0.717) is 6.04 Å². The first-order chi connectivity index (χ1) is 9.77. The fourth-order valence-electron chi connectivity index (χ4n) is 4.15. The van der Waals surface area contributed by atoms with Crippen LogP contribution in [0.2, 0.25) is 0 Å². The first-order valence-corrected chi connectivity index (χ1v) is 8.39. The molecule has 0 aromatic carbocycles. The molecule has 4 nitrogen and oxygen atoms in total. The van der Waals surface area contributed by atoms with Crippen LogP contribution >= 0.6 is 0 Å². The van der Waals surface area contributed by atoms with E-state index in [9.17, 15) is 0 Å². The predicted molar refractivity (Wildman–Crippen MR) is 81.0 cm³/mol. The molecule has 0 bridgehead atoms. The molecule has 2 aliphatic rings. The zero-order chi connectivity index (χ0) is 14.0. The van der Waals surface area contributed by atoms with Crippen LogP contribution in [0.25, 0.3) is 0 Å². The van der Waals surface area contributed by atoms with Crippen molar-refractivity contribution in [1.29, 1.82) is 0 Å². The first-order valence-electron chi connectivity index (χ1n) is 8.39. The van der Waals surface area contributed by atoms with Crippen LogP contribution in [-0.4, -0.2) is 27.9 Å². The van der Waals surface area contributed by atoms with Crippen LogP contribution < -0.4 is 5.32 Å². The summed E-state index contributed by atoms with van der Waals surface area (Å²) in [6.07, 6.45) is 10.3. The number of nitrogens with zero attached hydrogens (tertiary/aromatic N) is 3. The van der Waals surface area contributed by atoms with E-state index in [-0.39, 0.29) is 5.41 Å². The molecule has 1 saturated heterocycles. The topological polar surface area (TPSA) is 42.7 Å². The third kappa shape index (κ3) is 2.39. The highest BCUT2D eigenvalue weighted by Crippen LogP contribution is 2.39. The Labute approximate surface area is 122 Å². The van der Waals surface area contributed by atoms with Gasteiger partial charge in [-0.3, -0.25) is 0 Å². The van der Waals surface area contributed by atoms with E-state index in [2.05, 4.69) is 33.9 Å². The number of hydrogen-bond donors (Lipinski definition) is 1. The van der Waals surface area contributed by atoms with Crippen molar-refractivity contribution in [2.75, 3.05) is 13.1 Å². The molecule has 2 fully saturated rings. The summed E-state index contributed by atoms with van der Waals surface area (Å²) >= 11 is 0. The van der Waals surface area contributed by atoms with Gasteiger partial charge in [0.15, 0.2) is 0 Å². The van der Waals surface area contributed by atoms with Crippen LogP contribution in [0, 0.1) is 6.92 Å². The molecule has 1 aromatic rings. The van der Waals surface area contributed by atoms with E-state index in [1.54, 1.807) is 0 Å². The second-order valence-electron chi connectivity index (χ2n) is 6.62. The van der Waals surface area contributed by atoms with E-state index < -0.39 is 0 Å². The lowest BCUT2D eigenvalue weighted by molar-refractivity contribution is 0.251. The zero-order valence-electron chi connectivity index (χ0n) is 13.0. The molecule has 0 amide bonds. The molecule has 20 heavy (non-hydrogen) atoms. The second-order valence-corrected chi connectivity index (χ2v) is 6.62. The number of aryl methyl sites for hydroxylation is 1.